The van der Waals surface area contributed by atoms with Crippen molar-refractivity contribution in [2.45, 2.75) is 13.5 Å². The number of carbonyl (C=O) groups excluding carboxylic acids is 2. The van der Waals surface area contributed by atoms with Gasteiger partial charge >= 0.3 is 12.0 Å². The van der Waals surface area contributed by atoms with E-state index >= 15 is 0 Å². The number of carbonyl (C=O) groups is 3. The lowest BCUT2D eigenvalue weighted by Crippen LogP contribution is -2.30. The molecule has 1 heterocycles. The lowest BCUT2D eigenvalue weighted by Gasteiger charge is -2.11. The molecule has 7 nitrogen and oxygen atoms in total. The first-order valence-corrected chi connectivity index (χ1v) is 9.45. The van der Waals surface area contributed by atoms with Gasteiger partial charge in [0.15, 0.2) is 6.61 Å². The molecule has 1 fully saturated rings. The number of hydrogen-bond donors (Lipinski definition) is 2. The van der Waals surface area contributed by atoms with E-state index in [0.29, 0.717) is 14.9 Å². The summed E-state index contributed by atoms with van der Waals surface area (Å²) in [6.45, 7) is 1.73. The smallest absolute Gasteiger partial charge is 0.341 e. The van der Waals surface area contributed by atoms with Crippen molar-refractivity contribution < 1.29 is 24.2 Å². The van der Waals surface area contributed by atoms with Crippen molar-refractivity contribution in [1.29, 1.82) is 0 Å². The summed E-state index contributed by atoms with van der Waals surface area (Å²) in [5.74, 6) is -1.02. The first-order chi connectivity index (χ1) is 13.3. The van der Waals surface area contributed by atoms with E-state index in [1.54, 1.807) is 24.3 Å². The average Bonchev–Trinajstić information content (AvgIpc) is 2.90. The molecule has 2 aromatic carbocycles. The van der Waals surface area contributed by atoms with Crippen LogP contribution in [0, 0.1) is 10.5 Å². The lowest BCUT2D eigenvalue weighted by molar-refractivity contribution is -0.139. The van der Waals surface area contributed by atoms with Gasteiger partial charge in [-0.25, -0.2) is 9.59 Å². The molecule has 2 N–H and O–H groups in total. The summed E-state index contributed by atoms with van der Waals surface area (Å²) in [6.07, 6.45) is 1.58. The average molecular weight is 492 g/mol. The van der Waals surface area contributed by atoms with Gasteiger partial charge in [-0.05, 0) is 58.9 Å². The zero-order valence-corrected chi connectivity index (χ0v) is 17.1. The number of urea groups is 1. The number of aliphatic carboxylic acids is 1. The molecule has 0 aromatic heterocycles. The summed E-state index contributed by atoms with van der Waals surface area (Å²) >= 11 is 2.02. The third-order valence-corrected chi connectivity index (χ3v) is 4.88. The Balaban J connectivity index is 1.75. The first-order valence-electron chi connectivity index (χ1n) is 8.38. The number of hydrogen-bond acceptors (Lipinski definition) is 4. The van der Waals surface area contributed by atoms with Crippen LogP contribution in [0.5, 0.6) is 5.75 Å². The third-order valence-electron chi connectivity index (χ3n) is 4.04. The number of aryl methyl sites for hydroxylation is 1. The van der Waals surface area contributed by atoms with Crippen LogP contribution in [0.15, 0.2) is 48.2 Å². The molecular formula is C20H17IN2O5. The van der Waals surface area contributed by atoms with Gasteiger partial charge in [0.05, 0.1) is 10.1 Å². The molecular weight excluding hydrogens is 475 g/mol. The van der Waals surface area contributed by atoms with E-state index in [1.165, 1.54) is 0 Å². The van der Waals surface area contributed by atoms with Crippen LogP contribution in [-0.4, -0.2) is 34.5 Å². The molecule has 28 heavy (non-hydrogen) atoms. The SMILES string of the molecule is Cc1ccc(CN2C(=O)N/C(=C/c3ccc(OCC(=O)O)c(I)c3)C2=O)cc1. The van der Waals surface area contributed by atoms with Crippen molar-refractivity contribution in [1.82, 2.24) is 10.2 Å². The van der Waals surface area contributed by atoms with Crippen LogP contribution in [-0.2, 0) is 16.1 Å². The molecule has 1 saturated heterocycles. The lowest BCUT2D eigenvalue weighted by atomic mass is 10.1. The summed E-state index contributed by atoms with van der Waals surface area (Å²) in [7, 11) is 0. The molecule has 1 aliphatic heterocycles. The monoisotopic (exact) mass is 492 g/mol. The van der Waals surface area contributed by atoms with Crippen LogP contribution in [0.3, 0.4) is 0 Å². The minimum Gasteiger partial charge on any atom is -0.481 e. The Labute approximate surface area is 175 Å². The summed E-state index contributed by atoms with van der Waals surface area (Å²) in [5, 5.41) is 11.3. The van der Waals surface area contributed by atoms with Gasteiger partial charge in [0.25, 0.3) is 5.91 Å². The second kappa shape index (κ2) is 8.42. The van der Waals surface area contributed by atoms with Gasteiger partial charge in [-0.2, -0.15) is 0 Å². The number of halogens is 1. The van der Waals surface area contributed by atoms with Gasteiger partial charge in [-0.15, -0.1) is 0 Å². The highest BCUT2D eigenvalue weighted by atomic mass is 127. The minimum atomic E-state index is -1.06. The largest absolute Gasteiger partial charge is 0.481 e. The Morgan fingerprint density at radius 1 is 1.21 bits per heavy atom. The molecule has 144 valence electrons. The minimum absolute atomic E-state index is 0.187. The Hall–Kier alpha value is -2.88. The summed E-state index contributed by atoms with van der Waals surface area (Å²) in [5.41, 5.74) is 2.84. The normalized spacial score (nSPS) is 15.1. The zero-order chi connectivity index (χ0) is 20.3. The number of carboxylic acids is 1. The molecule has 2 aromatic rings. The fourth-order valence-electron chi connectivity index (χ4n) is 2.62. The molecule has 0 unspecified atom stereocenters. The fourth-order valence-corrected chi connectivity index (χ4v) is 3.32. The Bertz CT molecular complexity index is 969. The van der Waals surface area contributed by atoms with Gasteiger partial charge < -0.3 is 15.2 Å². The number of imide groups is 1. The predicted molar refractivity (Wildman–Crippen MR) is 111 cm³/mol. The number of carboxylic acid groups (broad SMARTS) is 1. The molecule has 0 aliphatic carbocycles. The highest BCUT2D eigenvalue weighted by Gasteiger charge is 2.33. The second-order valence-electron chi connectivity index (χ2n) is 6.24. The molecule has 0 spiro atoms. The van der Waals surface area contributed by atoms with E-state index in [9.17, 15) is 14.4 Å². The van der Waals surface area contributed by atoms with Crippen molar-refractivity contribution in [3.05, 3.63) is 68.4 Å². The molecule has 0 radical (unpaired) electrons. The Morgan fingerprint density at radius 2 is 1.93 bits per heavy atom. The highest BCUT2D eigenvalue weighted by molar-refractivity contribution is 14.1. The van der Waals surface area contributed by atoms with Gasteiger partial charge in [0.1, 0.15) is 11.4 Å². The number of amides is 3. The number of nitrogens with one attached hydrogen (secondary N) is 1. The molecule has 0 bridgehead atoms. The van der Waals surface area contributed by atoms with E-state index in [1.807, 2.05) is 53.8 Å². The Morgan fingerprint density at radius 3 is 2.57 bits per heavy atom. The van der Waals surface area contributed by atoms with Gasteiger partial charge in [-0.1, -0.05) is 35.9 Å². The summed E-state index contributed by atoms with van der Waals surface area (Å²) < 4.78 is 5.88. The third kappa shape index (κ3) is 4.69. The van der Waals surface area contributed by atoms with Crippen LogP contribution in [0.25, 0.3) is 6.08 Å². The number of ether oxygens (including phenoxy) is 1. The molecule has 0 atom stereocenters. The van der Waals surface area contributed by atoms with Crippen LogP contribution in [0.2, 0.25) is 0 Å². The van der Waals surface area contributed by atoms with Gasteiger partial charge in [-0.3, -0.25) is 9.69 Å². The van der Waals surface area contributed by atoms with Gasteiger partial charge in [0.2, 0.25) is 0 Å². The zero-order valence-electron chi connectivity index (χ0n) is 14.9. The summed E-state index contributed by atoms with van der Waals surface area (Å²) in [6, 6.07) is 12.2. The van der Waals surface area contributed by atoms with E-state index in [-0.39, 0.29) is 12.2 Å². The molecule has 3 amide bonds. The van der Waals surface area contributed by atoms with Crippen molar-refractivity contribution in [3.8, 4) is 5.75 Å². The molecule has 8 heteroatoms. The molecule has 3 rings (SSSR count). The van der Waals surface area contributed by atoms with Crippen LogP contribution in [0.1, 0.15) is 16.7 Å². The van der Waals surface area contributed by atoms with Crippen LogP contribution >= 0.6 is 22.6 Å². The van der Waals surface area contributed by atoms with E-state index in [0.717, 1.165) is 16.0 Å². The maximum Gasteiger partial charge on any atom is 0.341 e. The standard InChI is InChI=1S/C20H17IN2O5/c1-12-2-4-13(5-3-12)10-23-19(26)16(22-20(23)27)9-14-6-7-17(15(21)8-14)28-11-18(24)25/h2-9H,10-11H2,1H3,(H,22,27)(H,24,25)/b16-9+. The number of benzene rings is 2. The maximum atomic E-state index is 12.6. The van der Waals surface area contributed by atoms with E-state index < -0.39 is 24.5 Å². The van der Waals surface area contributed by atoms with Crippen molar-refractivity contribution in [2.24, 2.45) is 0 Å². The van der Waals surface area contributed by atoms with Crippen molar-refractivity contribution in [2.75, 3.05) is 6.61 Å². The van der Waals surface area contributed by atoms with Crippen molar-refractivity contribution in [3.63, 3.8) is 0 Å². The van der Waals surface area contributed by atoms with Crippen LogP contribution < -0.4 is 10.1 Å². The topological polar surface area (TPSA) is 95.9 Å². The Kier molecular flexibility index (Phi) is 5.98. The first kappa shape index (κ1) is 19.9. The second-order valence-corrected chi connectivity index (χ2v) is 7.40. The van der Waals surface area contributed by atoms with E-state index in [2.05, 4.69) is 5.32 Å². The van der Waals surface area contributed by atoms with Gasteiger partial charge in [0, 0.05) is 0 Å². The number of nitrogens with zero attached hydrogens (tertiary/aromatic N) is 1. The molecule has 1 aliphatic rings. The predicted octanol–water partition coefficient (Wildman–Crippen LogP) is 3.16. The summed E-state index contributed by atoms with van der Waals surface area (Å²) in [4.78, 5) is 36.6. The number of rotatable bonds is 6. The van der Waals surface area contributed by atoms with Crippen LogP contribution in [0.4, 0.5) is 4.79 Å². The maximum absolute atomic E-state index is 12.6. The highest BCUT2D eigenvalue weighted by Crippen LogP contribution is 2.24. The van der Waals surface area contributed by atoms with E-state index in [4.69, 9.17) is 9.84 Å². The molecule has 0 saturated carbocycles. The fraction of sp³-hybridized carbons (Fsp3) is 0.150. The quantitative estimate of drug-likeness (QED) is 0.367. The van der Waals surface area contributed by atoms with Crippen molar-refractivity contribution >= 4 is 46.6 Å².